The number of nitro groups is 1. The van der Waals surface area contributed by atoms with E-state index in [-0.39, 0.29) is 5.69 Å². The quantitative estimate of drug-likeness (QED) is 0.660. The smallest absolute Gasteiger partial charge is 0.271 e. The second kappa shape index (κ2) is 4.24. The molecule has 0 saturated carbocycles. The molecular formula is C10H8ClN3O2. The van der Waals surface area contributed by atoms with E-state index in [0.29, 0.717) is 10.7 Å². The van der Waals surface area contributed by atoms with E-state index in [2.05, 4.69) is 5.43 Å². The van der Waals surface area contributed by atoms with Gasteiger partial charge in [0.05, 0.1) is 15.6 Å². The molecular weight excluding hydrogens is 230 g/mol. The molecule has 1 heterocycles. The van der Waals surface area contributed by atoms with Crippen LogP contribution in [0.15, 0.2) is 42.7 Å². The molecule has 0 radical (unpaired) electrons. The second-order valence-electron chi connectivity index (χ2n) is 3.12. The zero-order chi connectivity index (χ0) is 11.5. The van der Waals surface area contributed by atoms with E-state index >= 15 is 0 Å². The first-order valence-electron chi connectivity index (χ1n) is 4.51. The minimum atomic E-state index is -0.481. The third-order valence-electron chi connectivity index (χ3n) is 2.02. The summed E-state index contributed by atoms with van der Waals surface area (Å²) in [5, 5.41) is 10.8. The average molecular weight is 238 g/mol. The molecule has 2 aromatic rings. The fourth-order valence-electron chi connectivity index (χ4n) is 1.26. The summed E-state index contributed by atoms with van der Waals surface area (Å²) in [6, 6.07) is 7.99. The minimum Gasteiger partial charge on any atom is -0.293 e. The predicted octanol–water partition coefficient (Wildman–Crippen LogP) is 2.92. The number of aromatic nitrogens is 1. The summed E-state index contributed by atoms with van der Waals surface area (Å²) in [6.07, 6.45) is 3.61. The van der Waals surface area contributed by atoms with Crippen LogP contribution in [0.5, 0.6) is 0 Å². The summed E-state index contributed by atoms with van der Waals surface area (Å²) in [6.45, 7) is 0. The summed E-state index contributed by atoms with van der Waals surface area (Å²) in [5.41, 5.74) is 3.57. The maximum atomic E-state index is 10.5. The van der Waals surface area contributed by atoms with Crippen molar-refractivity contribution in [2.75, 3.05) is 5.43 Å². The lowest BCUT2D eigenvalue weighted by atomic mass is 10.3. The highest BCUT2D eigenvalue weighted by Gasteiger charge is 2.08. The summed E-state index contributed by atoms with van der Waals surface area (Å²) in [7, 11) is 0. The summed E-state index contributed by atoms with van der Waals surface area (Å²) >= 11 is 5.91. The Labute approximate surface area is 96.4 Å². The number of nitrogens with one attached hydrogen (secondary N) is 1. The van der Waals surface area contributed by atoms with E-state index in [1.54, 1.807) is 23.1 Å². The fraction of sp³-hybridized carbons (Fsp3) is 0. The van der Waals surface area contributed by atoms with Gasteiger partial charge in [0.25, 0.3) is 5.69 Å². The third-order valence-corrected chi connectivity index (χ3v) is 2.33. The van der Waals surface area contributed by atoms with E-state index in [4.69, 9.17) is 11.6 Å². The summed E-state index contributed by atoms with van der Waals surface area (Å²) in [4.78, 5) is 10.0. The molecule has 1 aromatic carbocycles. The molecule has 1 N–H and O–H groups in total. The van der Waals surface area contributed by atoms with Gasteiger partial charge < -0.3 is 0 Å². The Morgan fingerprint density at radius 1 is 1.31 bits per heavy atom. The van der Waals surface area contributed by atoms with Crippen LogP contribution in [0, 0.1) is 10.1 Å². The van der Waals surface area contributed by atoms with Crippen LogP contribution in [0.2, 0.25) is 5.02 Å². The number of halogens is 1. The Hall–Kier alpha value is -2.01. The normalized spacial score (nSPS) is 10.1. The standard InChI is InChI=1S/C10H8ClN3O2/c11-9-7-8(14(15)16)3-4-10(9)12-13-5-1-2-6-13/h1-7,12H. The molecule has 0 aliphatic heterocycles. The van der Waals surface area contributed by atoms with Gasteiger partial charge in [-0.05, 0) is 18.2 Å². The van der Waals surface area contributed by atoms with Gasteiger partial charge in [0.15, 0.2) is 0 Å². The van der Waals surface area contributed by atoms with Gasteiger partial charge in [0, 0.05) is 24.5 Å². The van der Waals surface area contributed by atoms with Crippen molar-refractivity contribution in [3.05, 3.63) is 57.9 Å². The number of non-ortho nitro benzene ring substituents is 1. The Morgan fingerprint density at radius 3 is 2.56 bits per heavy atom. The van der Waals surface area contributed by atoms with Crippen LogP contribution in [0.4, 0.5) is 11.4 Å². The largest absolute Gasteiger partial charge is 0.293 e. The van der Waals surface area contributed by atoms with Crippen LogP contribution < -0.4 is 5.43 Å². The first-order valence-corrected chi connectivity index (χ1v) is 4.88. The molecule has 5 nitrogen and oxygen atoms in total. The molecule has 16 heavy (non-hydrogen) atoms. The van der Waals surface area contributed by atoms with Gasteiger partial charge in [-0.2, -0.15) is 0 Å². The molecule has 0 unspecified atom stereocenters. The zero-order valence-electron chi connectivity index (χ0n) is 8.13. The van der Waals surface area contributed by atoms with Crippen molar-refractivity contribution < 1.29 is 4.92 Å². The second-order valence-corrected chi connectivity index (χ2v) is 3.53. The minimum absolute atomic E-state index is 0.0249. The monoisotopic (exact) mass is 237 g/mol. The van der Waals surface area contributed by atoms with Crippen molar-refractivity contribution in [1.29, 1.82) is 0 Å². The molecule has 0 aliphatic rings. The Balaban J connectivity index is 2.26. The van der Waals surface area contributed by atoms with E-state index in [1.165, 1.54) is 12.1 Å². The molecule has 0 spiro atoms. The molecule has 2 rings (SSSR count). The van der Waals surface area contributed by atoms with E-state index in [0.717, 1.165) is 0 Å². The van der Waals surface area contributed by atoms with E-state index in [9.17, 15) is 10.1 Å². The van der Waals surface area contributed by atoms with Crippen LogP contribution in [0.1, 0.15) is 0 Å². The third kappa shape index (κ3) is 2.14. The molecule has 6 heteroatoms. The topological polar surface area (TPSA) is 60.1 Å². The molecule has 0 bridgehead atoms. The lowest BCUT2D eigenvalue weighted by Crippen LogP contribution is -2.06. The maximum Gasteiger partial charge on any atom is 0.271 e. The van der Waals surface area contributed by atoms with Crippen LogP contribution in [-0.4, -0.2) is 9.60 Å². The highest BCUT2D eigenvalue weighted by molar-refractivity contribution is 6.33. The Bertz CT molecular complexity index is 511. The van der Waals surface area contributed by atoms with Crippen LogP contribution >= 0.6 is 11.6 Å². The van der Waals surface area contributed by atoms with Gasteiger partial charge in [-0.15, -0.1) is 0 Å². The van der Waals surface area contributed by atoms with Gasteiger partial charge >= 0.3 is 0 Å². The van der Waals surface area contributed by atoms with Gasteiger partial charge in [-0.1, -0.05) is 11.6 Å². The highest BCUT2D eigenvalue weighted by atomic mass is 35.5. The van der Waals surface area contributed by atoms with Crippen LogP contribution in [0.3, 0.4) is 0 Å². The Morgan fingerprint density at radius 2 is 2.00 bits per heavy atom. The first kappa shape index (κ1) is 10.5. The number of hydrogen-bond donors (Lipinski definition) is 1. The molecule has 1 aromatic heterocycles. The van der Waals surface area contributed by atoms with Gasteiger partial charge in [0.1, 0.15) is 0 Å². The number of nitro benzene ring substituents is 1. The first-order chi connectivity index (χ1) is 7.66. The highest BCUT2D eigenvalue weighted by Crippen LogP contribution is 2.26. The average Bonchev–Trinajstić information content (AvgIpc) is 2.73. The molecule has 82 valence electrons. The SMILES string of the molecule is O=[N+]([O-])c1ccc(Nn2cccc2)c(Cl)c1. The number of rotatable bonds is 3. The van der Waals surface area contributed by atoms with Crippen LogP contribution in [0.25, 0.3) is 0 Å². The van der Waals surface area contributed by atoms with Crippen molar-refractivity contribution in [1.82, 2.24) is 4.68 Å². The number of benzene rings is 1. The number of nitrogens with zero attached hydrogens (tertiary/aromatic N) is 2. The Kier molecular flexibility index (Phi) is 2.78. The van der Waals surface area contributed by atoms with Crippen molar-refractivity contribution in [3.63, 3.8) is 0 Å². The maximum absolute atomic E-state index is 10.5. The lowest BCUT2D eigenvalue weighted by molar-refractivity contribution is -0.384. The molecule has 0 saturated heterocycles. The lowest BCUT2D eigenvalue weighted by Gasteiger charge is -2.08. The number of anilines is 1. The predicted molar refractivity (Wildman–Crippen MR) is 61.6 cm³/mol. The van der Waals surface area contributed by atoms with Gasteiger partial charge in [-0.25, -0.2) is 0 Å². The number of hydrogen-bond acceptors (Lipinski definition) is 3. The van der Waals surface area contributed by atoms with Crippen LogP contribution in [-0.2, 0) is 0 Å². The molecule has 0 atom stereocenters. The van der Waals surface area contributed by atoms with Crippen molar-refractivity contribution in [2.24, 2.45) is 0 Å². The summed E-state index contributed by atoms with van der Waals surface area (Å²) in [5.74, 6) is 0. The van der Waals surface area contributed by atoms with Gasteiger partial charge in [-0.3, -0.25) is 20.2 Å². The van der Waals surface area contributed by atoms with Crippen molar-refractivity contribution in [2.45, 2.75) is 0 Å². The molecule has 0 amide bonds. The fourth-order valence-corrected chi connectivity index (χ4v) is 1.47. The zero-order valence-corrected chi connectivity index (χ0v) is 8.89. The van der Waals surface area contributed by atoms with Crippen molar-refractivity contribution in [3.8, 4) is 0 Å². The van der Waals surface area contributed by atoms with Gasteiger partial charge in [0.2, 0.25) is 0 Å². The summed E-state index contributed by atoms with van der Waals surface area (Å²) < 4.78 is 1.70. The van der Waals surface area contributed by atoms with Crippen molar-refractivity contribution >= 4 is 23.0 Å². The van der Waals surface area contributed by atoms with E-state index < -0.39 is 4.92 Å². The molecule has 0 fully saturated rings. The van der Waals surface area contributed by atoms with E-state index in [1.807, 2.05) is 12.1 Å². The molecule has 0 aliphatic carbocycles.